The first kappa shape index (κ1) is 21.8. The largest absolute Gasteiger partial charge is 1.00 e. The van der Waals surface area contributed by atoms with Crippen molar-refractivity contribution in [2.45, 2.75) is 13.8 Å². The normalized spacial score (nSPS) is 8.95. The predicted octanol–water partition coefficient (Wildman–Crippen LogP) is -6.75. The van der Waals surface area contributed by atoms with Crippen LogP contribution in [0.4, 0.5) is 0 Å². The van der Waals surface area contributed by atoms with Crippen molar-refractivity contribution in [1.82, 2.24) is 0 Å². The van der Waals surface area contributed by atoms with E-state index in [0.29, 0.717) is 0 Å². The first-order valence-electron chi connectivity index (χ1n) is 4.87. The van der Waals surface area contributed by atoms with E-state index in [-0.39, 0.29) is 81.2 Å². The van der Waals surface area contributed by atoms with Crippen LogP contribution in [0.5, 0.6) is 11.5 Å². The molecule has 1 aromatic heterocycles. The SMILES string of the molecule is CCOC(=O)c1[se]c(C(=O)OCC)c([O-])c1[O-].[Na+].[Na+]. The topological polar surface area (TPSA) is 98.7 Å². The Kier molecular flexibility index (Phi) is 11.8. The summed E-state index contributed by atoms with van der Waals surface area (Å²) in [5.74, 6) is -3.56. The summed E-state index contributed by atoms with van der Waals surface area (Å²) in [4.78, 5) is 22.7. The first-order chi connectivity index (χ1) is 8.02. The Morgan fingerprint density at radius 3 is 1.53 bits per heavy atom. The molecule has 0 aliphatic rings. The fourth-order valence-electron chi connectivity index (χ4n) is 1.06. The van der Waals surface area contributed by atoms with E-state index in [4.69, 9.17) is 0 Å². The van der Waals surface area contributed by atoms with Crippen LogP contribution in [-0.2, 0) is 9.47 Å². The van der Waals surface area contributed by atoms with Crippen LogP contribution < -0.4 is 69.3 Å². The molecule has 0 aliphatic heterocycles. The minimum Gasteiger partial charge on any atom is 1.00 e. The summed E-state index contributed by atoms with van der Waals surface area (Å²) < 4.78 is 8.78. The van der Waals surface area contributed by atoms with Crippen molar-refractivity contribution in [2.75, 3.05) is 13.2 Å². The number of esters is 2. The second kappa shape index (κ2) is 10.3. The van der Waals surface area contributed by atoms with Crippen molar-refractivity contribution in [3.8, 4) is 11.5 Å². The third kappa shape index (κ3) is 5.44. The maximum absolute atomic E-state index is 11.4. The van der Waals surface area contributed by atoms with Gasteiger partial charge in [-0.25, -0.2) is 0 Å². The number of hydrogen-bond donors (Lipinski definition) is 0. The van der Waals surface area contributed by atoms with E-state index < -0.39 is 37.9 Å². The van der Waals surface area contributed by atoms with E-state index in [9.17, 15) is 19.8 Å². The van der Waals surface area contributed by atoms with Gasteiger partial charge in [-0.3, -0.25) is 0 Å². The molecule has 0 atom stereocenters. The fraction of sp³-hybridized carbons (Fsp3) is 0.400. The van der Waals surface area contributed by atoms with E-state index in [0.717, 1.165) is 0 Å². The maximum atomic E-state index is 11.4. The summed E-state index contributed by atoms with van der Waals surface area (Å²) in [6.45, 7) is 3.38. The summed E-state index contributed by atoms with van der Waals surface area (Å²) in [6, 6.07) is 0. The summed E-state index contributed by atoms with van der Waals surface area (Å²) in [6.07, 6.45) is 0. The van der Waals surface area contributed by atoms with Crippen molar-refractivity contribution in [3.63, 3.8) is 0 Å². The van der Waals surface area contributed by atoms with Crippen LogP contribution in [0, 0.1) is 0 Å². The molecule has 0 saturated heterocycles. The molecule has 6 nitrogen and oxygen atoms in total. The standard InChI is InChI=1S/C10H12O6Se.2Na/c1-3-15-9(13)7-5(11)6(12)8(17-7)10(14)16-4-2;;/h11-12H,3-4H2,1-2H3;;/q;2*+1/p-2. The molecule has 0 spiro atoms. The Morgan fingerprint density at radius 2 is 1.26 bits per heavy atom. The molecule has 0 N–H and O–H groups in total. The van der Waals surface area contributed by atoms with E-state index in [1.165, 1.54) is 0 Å². The molecule has 19 heavy (non-hydrogen) atoms. The Balaban J connectivity index is 0. The Labute approximate surface area is 160 Å². The average molecular weight is 351 g/mol. The van der Waals surface area contributed by atoms with Gasteiger partial charge in [-0.1, -0.05) is 0 Å². The second-order valence-electron chi connectivity index (χ2n) is 2.86. The molecule has 1 aromatic rings. The zero-order valence-electron chi connectivity index (χ0n) is 11.3. The van der Waals surface area contributed by atoms with Gasteiger partial charge in [0.25, 0.3) is 0 Å². The van der Waals surface area contributed by atoms with Gasteiger partial charge in [-0.05, 0) is 0 Å². The second-order valence-corrected chi connectivity index (χ2v) is 5.00. The van der Waals surface area contributed by atoms with Crippen molar-refractivity contribution in [3.05, 3.63) is 8.87 Å². The van der Waals surface area contributed by atoms with Crippen LogP contribution in [0.15, 0.2) is 0 Å². The molecule has 0 unspecified atom stereocenters. The minimum atomic E-state index is -0.952. The van der Waals surface area contributed by atoms with Crippen molar-refractivity contribution in [1.29, 1.82) is 0 Å². The maximum Gasteiger partial charge on any atom is 1.00 e. The van der Waals surface area contributed by atoms with Gasteiger partial charge in [0.2, 0.25) is 0 Å². The smallest absolute Gasteiger partial charge is 1.00 e. The number of carbonyl (C=O) groups is 2. The van der Waals surface area contributed by atoms with Gasteiger partial charge in [0, 0.05) is 0 Å². The van der Waals surface area contributed by atoms with Gasteiger partial charge in [-0.15, -0.1) is 0 Å². The van der Waals surface area contributed by atoms with Crippen LogP contribution >= 0.6 is 0 Å². The molecule has 1 rings (SSSR count). The van der Waals surface area contributed by atoms with E-state index in [1.54, 1.807) is 13.8 Å². The number of ether oxygens (including phenoxy) is 2. The summed E-state index contributed by atoms with van der Waals surface area (Å²) in [5.41, 5.74) is 0. The van der Waals surface area contributed by atoms with Gasteiger partial charge in [-0.2, -0.15) is 0 Å². The Hall–Kier alpha value is 0.539. The van der Waals surface area contributed by atoms with E-state index in [1.807, 2.05) is 0 Å². The van der Waals surface area contributed by atoms with E-state index in [2.05, 4.69) is 9.47 Å². The number of carbonyl (C=O) groups excluding carboxylic acids is 2. The first-order valence-corrected chi connectivity index (χ1v) is 6.59. The molecule has 0 radical (unpaired) electrons. The number of hydrogen-bond acceptors (Lipinski definition) is 6. The third-order valence-corrected chi connectivity index (χ3v) is 4.08. The molecular formula is C10H10Na2O6Se. The van der Waals surface area contributed by atoms with Crippen LogP contribution in [0.2, 0.25) is 0 Å². The van der Waals surface area contributed by atoms with Crippen LogP contribution in [0.3, 0.4) is 0 Å². The van der Waals surface area contributed by atoms with Gasteiger partial charge in [0.1, 0.15) is 0 Å². The summed E-state index contributed by atoms with van der Waals surface area (Å²) in [5, 5.41) is 22.9. The molecule has 1 heterocycles. The van der Waals surface area contributed by atoms with Crippen molar-refractivity contribution >= 4 is 26.4 Å². The fourth-order valence-corrected chi connectivity index (χ4v) is 2.87. The molecule has 0 aliphatic carbocycles. The van der Waals surface area contributed by atoms with E-state index >= 15 is 0 Å². The molecule has 0 fully saturated rings. The van der Waals surface area contributed by atoms with Crippen molar-refractivity contribution in [2.24, 2.45) is 0 Å². The van der Waals surface area contributed by atoms with Gasteiger partial charge in [0.05, 0.1) is 0 Å². The quantitative estimate of drug-likeness (QED) is 0.395. The Bertz CT molecular complexity index is 407. The van der Waals surface area contributed by atoms with Gasteiger partial charge in [0.15, 0.2) is 0 Å². The summed E-state index contributed by atoms with van der Waals surface area (Å²) >= 11 is -0.924. The number of rotatable bonds is 4. The molecule has 0 bridgehead atoms. The predicted molar refractivity (Wildman–Crippen MR) is 54.2 cm³/mol. The molecule has 9 heteroatoms. The zero-order valence-corrected chi connectivity index (χ0v) is 17.0. The Morgan fingerprint density at radius 1 is 0.947 bits per heavy atom. The van der Waals surface area contributed by atoms with Crippen LogP contribution in [0.1, 0.15) is 32.3 Å². The molecular weight excluding hydrogens is 341 g/mol. The van der Waals surface area contributed by atoms with Crippen molar-refractivity contribution < 1.29 is 88.4 Å². The molecule has 0 saturated carbocycles. The molecule has 94 valence electrons. The summed E-state index contributed by atoms with van der Waals surface area (Å²) in [7, 11) is 0. The van der Waals surface area contributed by atoms with Crippen LogP contribution in [-0.4, -0.2) is 39.7 Å². The molecule has 0 aromatic carbocycles. The third-order valence-electron chi connectivity index (χ3n) is 1.74. The van der Waals surface area contributed by atoms with Crippen LogP contribution in [0.25, 0.3) is 0 Å². The average Bonchev–Trinajstić information content (AvgIpc) is 2.57. The zero-order chi connectivity index (χ0) is 13.0. The van der Waals surface area contributed by atoms with Gasteiger partial charge < -0.3 is 0 Å². The van der Waals surface area contributed by atoms with Gasteiger partial charge >= 0.3 is 162 Å². The minimum absolute atomic E-state index is 0. The monoisotopic (exact) mass is 352 g/mol. The molecule has 0 amide bonds.